The molecule has 1 N–H and O–H groups in total. The van der Waals surface area contributed by atoms with Crippen LogP contribution in [0.4, 0.5) is 0 Å². The Balaban J connectivity index is 2.12. The minimum absolute atomic E-state index is 0.104. The highest BCUT2D eigenvalue weighted by Gasteiger charge is 2.25. The average Bonchev–Trinajstić information content (AvgIpc) is 2.41. The lowest BCUT2D eigenvalue weighted by Gasteiger charge is -2.33. The largest absolute Gasteiger partial charge is 0.338 e. The Morgan fingerprint density at radius 3 is 3.11 bits per heavy atom. The van der Waals surface area contributed by atoms with Crippen LogP contribution in [0.15, 0.2) is 18.2 Å². The second-order valence-electron chi connectivity index (χ2n) is 4.94. The Hall–Kier alpha value is -0.330. The smallest absolute Gasteiger partial charge is 0.254 e. The third-order valence-corrected chi connectivity index (χ3v) is 4.63. The van der Waals surface area contributed by atoms with Crippen molar-refractivity contribution in [2.75, 3.05) is 26.7 Å². The monoisotopic (exact) mass is 392 g/mol. The zero-order valence-corrected chi connectivity index (χ0v) is 13.9. The minimum Gasteiger partial charge on any atom is -0.338 e. The lowest BCUT2D eigenvalue weighted by atomic mass is 9.97. The van der Waals surface area contributed by atoms with Gasteiger partial charge in [0.1, 0.15) is 0 Å². The van der Waals surface area contributed by atoms with Gasteiger partial charge in [0.2, 0.25) is 0 Å². The third kappa shape index (κ3) is 3.83. The second-order valence-corrected chi connectivity index (χ2v) is 6.54. The first-order chi connectivity index (χ1) is 9.11. The highest BCUT2D eigenvalue weighted by atomic mass is 127. The van der Waals surface area contributed by atoms with Crippen LogP contribution >= 0.6 is 34.2 Å². The van der Waals surface area contributed by atoms with Gasteiger partial charge in [0.15, 0.2) is 0 Å². The molecule has 1 amide bonds. The number of piperidine rings is 1. The molecule has 0 aliphatic carbocycles. The number of benzene rings is 1. The topological polar surface area (TPSA) is 32.3 Å². The van der Waals surface area contributed by atoms with Crippen molar-refractivity contribution in [1.82, 2.24) is 10.2 Å². The van der Waals surface area contributed by atoms with Crippen molar-refractivity contribution in [3.8, 4) is 0 Å². The lowest BCUT2D eigenvalue weighted by molar-refractivity contribution is 0.0673. The first-order valence-electron chi connectivity index (χ1n) is 6.50. The molecular formula is C14H18ClIN2O. The maximum atomic E-state index is 12.6. The normalized spacial score (nSPS) is 19.5. The van der Waals surface area contributed by atoms with Crippen molar-refractivity contribution in [3.05, 3.63) is 32.4 Å². The van der Waals surface area contributed by atoms with Gasteiger partial charge < -0.3 is 10.2 Å². The van der Waals surface area contributed by atoms with Gasteiger partial charge in [-0.1, -0.05) is 11.6 Å². The highest BCUT2D eigenvalue weighted by Crippen LogP contribution is 2.23. The Morgan fingerprint density at radius 1 is 1.58 bits per heavy atom. The van der Waals surface area contributed by atoms with Crippen LogP contribution in [-0.4, -0.2) is 37.5 Å². The van der Waals surface area contributed by atoms with Gasteiger partial charge in [-0.2, -0.15) is 0 Å². The number of rotatable bonds is 3. The summed E-state index contributed by atoms with van der Waals surface area (Å²) in [7, 11) is 1.96. The summed E-state index contributed by atoms with van der Waals surface area (Å²) in [6.07, 6.45) is 2.27. The van der Waals surface area contributed by atoms with Gasteiger partial charge in [0.05, 0.1) is 5.56 Å². The average molecular weight is 393 g/mol. The summed E-state index contributed by atoms with van der Waals surface area (Å²) >= 11 is 8.19. The van der Waals surface area contributed by atoms with Crippen molar-refractivity contribution >= 4 is 40.1 Å². The molecule has 0 radical (unpaired) electrons. The number of hydrogen-bond acceptors (Lipinski definition) is 2. The Kier molecular flexibility index (Phi) is 5.47. The van der Waals surface area contributed by atoms with Crippen molar-refractivity contribution in [2.24, 2.45) is 5.92 Å². The van der Waals surface area contributed by atoms with Crippen LogP contribution in [0.25, 0.3) is 0 Å². The molecule has 3 nitrogen and oxygen atoms in total. The molecule has 2 rings (SSSR count). The predicted octanol–water partition coefficient (Wildman–Crippen LogP) is 3.02. The summed E-state index contributed by atoms with van der Waals surface area (Å²) in [5.74, 6) is 0.659. The van der Waals surface area contributed by atoms with Crippen molar-refractivity contribution in [2.45, 2.75) is 12.8 Å². The summed E-state index contributed by atoms with van der Waals surface area (Å²) in [6, 6.07) is 5.48. The van der Waals surface area contributed by atoms with Gasteiger partial charge in [0.25, 0.3) is 5.91 Å². The molecule has 1 aromatic rings. The molecule has 1 aromatic carbocycles. The summed E-state index contributed by atoms with van der Waals surface area (Å²) in [5.41, 5.74) is 0.721. The highest BCUT2D eigenvalue weighted by molar-refractivity contribution is 14.1. The quantitative estimate of drug-likeness (QED) is 0.802. The molecule has 1 fully saturated rings. The summed E-state index contributed by atoms with van der Waals surface area (Å²) in [4.78, 5) is 14.5. The molecule has 1 unspecified atom stereocenters. The first kappa shape index (κ1) is 15.1. The minimum atomic E-state index is 0.104. The number of carbonyl (C=O) groups is 1. The van der Waals surface area contributed by atoms with Crippen molar-refractivity contribution in [1.29, 1.82) is 0 Å². The van der Waals surface area contributed by atoms with Crippen LogP contribution < -0.4 is 5.32 Å². The first-order valence-corrected chi connectivity index (χ1v) is 7.96. The molecule has 1 heterocycles. The molecule has 1 aliphatic rings. The number of likely N-dealkylation sites (tertiary alicyclic amines) is 1. The molecule has 0 spiro atoms. The van der Waals surface area contributed by atoms with E-state index in [1.54, 1.807) is 6.07 Å². The number of amides is 1. The van der Waals surface area contributed by atoms with Crippen LogP contribution in [0.5, 0.6) is 0 Å². The standard InChI is InChI=1S/C14H18ClIN2O/c1-17-8-10-3-2-6-18(9-10)14(19)12-7-11(15)4-5-13(12)16/h4-5,7,10,17H,2-3,6,8-9H2,1H3. The molecule has 0 aromatic heterocycles. The molecule has 19 heavy (non-hydrogen) atoms. The fourth-order valence-corrected chi connectivity index (χ4v) is 3.27. The van der Waals surface area contributed by atoms with E-state index >= 15 is 0 Å². The van der Waals surface area contributed by atoms with Crippen LogP contribution in [0.1, 0.15) is 23.2 Å². The van der Waals surface area contributed by atoms with Gasteiger partial charge in [-0.15, -0.1) is 0 Å². The summed E-state index contributed by atoms with van der Waals surface area (Å²) in [6.45, 7) is 2.65. The maximum Gasteiger partial charge on any atom is 0.254 e. The van der Waals surface area contributed by atoms with Crippen molar-refractivity contribution < 1.29 is 4.79 Å². The van der Waals surface area contributed by atoms with E-state index in [2.05, 4.69) is 27.9 Å². The molecule has 5 heteroatoms. The van der Waals surface area contributed by atoms with E-state index in [4.69, 9.17) is 11.6 Å². The molecule has 104 valence electrons. The fraction of sp³-hybridized carbons (Fsp3) is 0.500. The summed E-state index contributed by atoms with van der Waals surface area (Å²) < 4.78 is 0.961. The van der Waals surface area contributed by atoms with E-state index in [1.807, 2.05) is 24.1 Å². The maximum absolute atomic E-state index is 12.6. The zero-order valence-electron chi connectivity index (χ0n) is 11.0. The SMILES string of the molecule is CNCC1CCCN(C(=O)c2cc(Cl)ccc2I)C1. The van der Waals surface area contributed by atoms with E-state index in [0.717, 1.165) is 35.2 Å². The van der Waals surface area contributed by atoms with E-state index in [-0.39, 0.29) is 5.91 Å². The molecule has 1 saturated heterocycles. The Labute approximate surface area is 132 Å². The van der Waals surface area contributed by atoms with Gasteiger partial charge in [0, 0.05) is 21.7 Å². The molecule has 1 aliphatic heterocycles. The van der Waals surface area contributed by atoms with Crippen LogP contribution in [0.2, 0.25) is 5.02 Å². The van der Waals surface area contributed by atoms with Crippen LogP contribution in [0, 0.1) is 9.49 Å². The molecular weight excluding hydrogens is 375 g/mol. The number of hydrogen-bond donors (Lipinski definition) is 1. The van der Waals surface area contributed by atoms with E-state index in [0.29, 0.717) is 10.9 Å². The van der Waals surface area contributed by atoms with Crippen molar-refractivity contribution in [3.63, 3.8) is 0 Å². The molecule has 0 bridgehead atoms. The molecule has 0 saturated carbocycles. The second kappa shape index (κ2) is 6.90. The van der Waals surface area contributed by atoms with Crippen LogP contribution in [0.3, 0.4) is 0 Å². The third-order valence-electron chi connectivity index (χ3n) is 3.46. The summed E-state index contributed by atoms with van der Waals surface area (Å²) in [5, 5.41) is 3.81. The molecule has 1 atom stereocenters. The van der Waals surface area contributed by atoms with E-state index < -0.39 is 0 Å². The number of nitrogens with zero attached hydrogens (tertiary/aromatic N) is 1. The van der Waals surface area contributed by atoms with Gasteiger partial charge >= 0.3 is 0 Å². The lowest BCUT2D eigenvalue weighted by Crippen LogP contribution is -2.42. The number of carbonyl (C=O) groups excluding carboxylic acids is 1. The van der Waals surface area contributed by atoms with Gasteiger partial charge in [-0.25, -0.2) is 0 Å². The van der Waals surface area contributed by atoms with Crippen LogP contribution in [-0.2, 0) is 0 Å². The van der Waals surface area contributed by atoms with E-state index in [9.17, 15) is 4.79 Å². The van der Waals surface area contributed by atoms with Gasteiger partial charge in [-0.3, -0.25) is 4.79 Å². The van der Waals surface area contributed by atoms with Gasteiger partial charge in [-0.05, 0) is 73.1 Å². The Bertz CT molecular complexity index is 465. The fourth-order valence-electron chi connectivity index (χ4n) is 2.54. The number of nitrogens with one attached hydrogen (secondary N) is 1. The predicted molar refractivity (Wildman–Crippen MR) is 86.7 cm³/mol. The van der Waals surface area contributed by atoms with E-state index in [1.165, 1.54) is 6.42 Å². The Morgan fingerprint density at radius 2 is 2.37 bits per heavy atom. The number of halogens is 2. The zero-order chi connectivity index (χ0) is 13.8.